The van der Waals surface area contributed by atoms with E-state index in [1.807, 2.05) is 121 Å². The Kier molecular flexibility index (Phi) is 22.2. The predicted molar refractivity (Wildman–Crippen MR) is 222 cm³/mol. The van der Waals surface area contributed by atoms with Gasteiger partial charge in [-0.05, 0) is 61.1 Å². The average molecular weight is 807 g/mol. The van der Waals surface area contributed by atoms with Gasteiger partial charge in [0.2, 0.25) is 5.91 Å². The van der Waals surface area contributed by atoms with E-state index in [1.54, 1.807) is 4.90 Å². The number of piperidine rings is 2. The molecular formula is C43H50Cl2N4O7. The maximum atomic E-state index is 12.4. The summed E-state index contributed by atoms with van der Waals surface area (Å²) in [4.78, 5) is 50.6. The van der Waals surface area contributed by atoms with Crippen molar-refractivity contribution in [3.63, 3.8) is 0 Å². The Morgan fingerprint density at radius 1 is 0.714 bits per heavy atom. The number of anilines is 2. The molecular weight excluding hydrogens is 755 g/mol. The van der Waals surface area contributed by atoms with Gasteiger partial charge < -0.3 is 35.4 Å². The third-order valence-electron chi connectivity index (χ3n) is 8.33. The third-order valence-corrected chi connectivity index (χ3v) is 8.33. The number of nitrogen functional groups attached to an aromatic ring is 1. The van der Waals surface area contributed by atoms with Crippen molar-refractivity contribution in [3.8, 4) is 12.8 Å². The number of amides is 3. The Morgan fingerprint density at radius 3 is 1.48 bits per heavy atom. The Hall–Kier alpha value is -5.70. The van der Waals surface area contributed by atoms with E-state index in [4.69, 9.17) is 44.9 Å². The van der Waals surface area contributed by atoms with Gasteiger partial charge in [0.05, 0.1) is 17.2 Å². The first-order chi connectivity index (χ1) is 27.6. The number of para-hydroxylation sites is 2. The summed E-state index contributed by atoms with van der Waals surface area (Å²) < 4.78 is 16.3. The number of ether oxygens (including phenoxy) is 2. The highest BCUT2D eigenvalue weighted by molar-refractivity contribution is 6.40. The van der Waals surface area contributed by atoms with Crippen LogP contribution in [0.5, 0.6) is 0 Å². The second kappa shape index (κ2) is 27.8. The summed E-state index contributed by atoms with van der Waals surface area (Å²) in [5.74, 6) is -1.58. The van der Waals surface area contributed by atoms with Crippen LogP contribution in [0.4, 0.5) is 21.0 Å². The number of benzene rings is 4. The van der Waals surface area contributed by atoms with E-state index in [-0.39, 0.29) is 43.0 Å². The minimum Gasteiger partial charge on any atom is -0.481 e. The first kappa shape index (κ1) is 44.7. The molecule has 3 amide bonds. The summed E-state index contributed by atoms with van der Waals surface area (Å²) in [6.45, 7) is 2.29. The van der Waals surface area contributed by atoms with Gasteiger partial charge in [-0.2, -0.15) is 0 Å². The summed E-state index contributed by atoms with van der Waals surface area (Å²) in [5.41, 5.74) is 8.82. The SMILES string of the molecule is ClCCl.Nc1ccccc1.O=C(Nc1ccccc1)C1CCCN(C(=O)OCc2ccccc2)C1.O=C(O)C1CCCN(C(=O)OCc2ccccc2)C1.[2H]C#C. The number of hydrogen-bond donors (Lipinski definition) is 3. The van der Waals surface area contributed by atoms with E-state index in [0.717, 1.165) is 35.3 Å². The second-order valence-corrected chi connectivity index (χ2v) is 13.2. The highest BCUT2D eigenvalue weighted by Crippen LogP contribution is 2.20. The summed E-state index contributed by atoms with van der Waals surface area (Å²) in [7, 11) is 0. The molecule has 4 aromatic carbocycles. The molecule has 6 rings (SSSR count). The van der Waals surface area contributed by atoms with Crippen LogP contribution in [0, 0.1) is 24.7 Å². The van der Waals surface area contributed by atoms with Gasteiger partial charge in [0.25, 0.3) is 0 Å². The molecule has 0 saturated carbocycles. The van der Waals surface area contributed by atoms with Crippen molar-refractivity contribution < 1.29 is 35.1 Å². The number of rotatable bonds is 7. The summed E-state index contributed by atoms with van der Waals surface area (Å²) in [6, 6.07) is 37.8. The molecule has 0 aliphatic carbocycles. The number of carbonyl (C=O) groups excluding carboxylic acids is 3. The van der Waals surface area contributed by atoms with Crippen molar-refractivity contribution >= 4 is 58.6 Å². The number of halogens is 2. The number of carboxylic acid groups (broad SMARTS) is 1. The minimum atomic E-state index is -0.847. The number of nitrogens with one attached hydrogen (secondary N) is 1. The molecule has 0 bridgehead atoms. The average Bonchev–Trinajstić information content (AvgIpc) is 3.24. The van der Waals surface area contributed by atoms with Crippen molar-refractivity contribution in [1.29, 1.82) is 0 Å². The van der Waals surface area contributed by atoms with Crippen molar-refractivity contribution in [3.05, 3.63) is 132 Å². The molecule has 56 heavy (non-hydrogen) atoms. The summed E-state index contributed by atoms with van der Waals surface area (Å²) >= 11 is 9.53. The Morgan fingerprint density at radius 2 is 1.09 bits per heavy atom. The molecule has 298 valence electrons. The smallest absolute Gasteiger partial charge is 0.410 e. The van der Waals surface area contributed by atoms with Crippen LogP contribution in [0.3, 0.4) is 0 Å². The van der Waals surface area contributed by atoms with Crippen LogP contribution in [0.15, 0.2) is 121 Å². The van der Waals surface area contributed by atoms with Crippen molar-refractivity contribution in [2.24, 2.45) is 11.8 Å². The summed E-state index contributed by atoms with van der Waals surface area (Å²) in [6.07, 6.45) is 7.87. The molecule has 0 spiro atoms. The standard InChI is InChI=1S/C20H22N2O3.C14H17NO4.C6H7N.C2H2.CH2Cl2/c23-19(21-18-11-5-2-6-12-18)17-10-7-13-22(14-17)20(24)25-15-16-8-3-1-4-9-16;16-13(17)12-7-4-8-15(9-12)14(18)19-10-11-5-2-1-3-6-11;7-6-4-2-1-3-5-6;1-2;2-1-3/h1-6,8-9,11-12,17H,7,10,13-15H2,(H,21,23);1-3,5-6,12H,4,7-10H2,(H,16,17);1-5H,7H2;1-2H;1H2/i;;;1D;. The van der Waals surface area contributed by atoms with Crippen LogP contribution in [-0.2, 0) is 32.3 Å². The Bertz CT molecular complexity index is 1770. The molecule has 4 aromatic rings. The first-order valence-corrected chi connectivity index (χ1v) is 19.0. The number of carboxylic acids is 1. The van der Waals surface area contributed by atoms with Gasteiger partial charge in [-0.15, -0.1) is 36.0 Å². The second-order valence-electron chi connectivity index (χ2n) is 12.4. The number of carbonyl (C=O) groups is 4. The van der Waals surface area contributed by atoms with Crippen LogP contribution in [0.1, 0.15) is 38.2 Å². The summed E-state index contributed by atoms with van der Waals surface area (Å²) in [5, 5.41) is 12.1. The monoisotopic (exact) mass is 805 g/mol. The van der Waals surface area contributed by atoms with Crippen LogP contribution in [-0.4, -0.2) is 70.5 Å². The molecule has 11 nitrogen and oxygen atoms in total. The molecule has 2 fully saturated rings. The van der Waals surface area contributed by atoms with Gasteiger partial charge >= 0.3 is 18.2 Å². The highest BCUT2D eigenvalue weighted by Gasteiger charge is 2.30. The fourth-order valence-corrected chi connectivity index (χ4v) is 5.54. The molecule has 2 aliphatic rings. The lowest BCUT2D eigenvalue weighted by Crippen LogP contribution is -2.43. The van der Waals surface area contributed by atoms with Gasteiger partial charge in [-0.25, -0.2) is 9.59 Å². The number of aliphatic carboxylic acids is 1. The van der Waals surface area contributed by atoms with Gasteiger partial charge in [-0.1, -0.05) is 97.1 Å². The number of nitrogens with two attached hydrogens (primary N) is 1. The Labute approximate surface area is 341 Å². The fraction of sp³-hybridized carbons (Fsp3) is 0.302. The van der Waals surface area contributed by atoms with E-state index in [2.05, 4.69) is 11.7 Å². The van der Waals surface area contributed by atoms with E-state index in [0.29, 0.717) is 32.5 Å². The van der Waals surface area contributed by atoms with E-state index >= 15 is 0 Å². The normalized spacial score (nSPS) is 15.6. The third kappa shape index (κ3) is 18.6. The Balaban J connectivity index is 0.000000306. The maximum Gasteiger partial charge on any atom is 0.410 e. The number of nitrogens with zero attached hydrogens (tertiary/aromatic N) is 2. The zero-order valence-electron chi connectivity index (χ0n) is 32.2. The number of hydrogen-bond acceptors (Lipinski definition) is 7. The van der Waals surface area contributed by atoms with E-state index < -0.39 is 18.0 Å². The van der Waals surface area contributed by atoms with Gasteiger partial charge in [0, 0.05) is 37.6 Å². The first-order valence-electron chi connectivity index (χ1n) is 18.4. The van der Waals surface area contributed by atoms with Gasteiger partial charge in [0.15, 0.2) is 0 Å². The van der Waals surface area contributed by atoms with Crippen LogP contribution >= 0.6 is 23.2 Å². The predicted octanol–water partition coefficient (Wildman–Crippen LogP) is 8.73. The lowest BCUT2D eigenvalue weighted by atomic mass is 9.97. The minimum absolute atomic E-state index is 0.0493. The van der Waals surface area contributed by atoms with E-state index in [1.165, 1.54) is 11.3 Å². The maximum absolute atomic E-state index is 12.4. The van der Waals surface area contributed by atoms with Gasteiger partial charge in [0.1, 0.15) is 14.6 Å². The van der Waals surface area contributed by atoms with E-state index in [9.17, 15) is 19.2 Å². The zero-order chi connectivity index (χ0) is 41.7. The lowest BCUT2D eigenvalue weighted by molar-refractivity contribution is -0.143. The fourth-order valence-electron chi connectivity index (χ4n) is 5.54. The van der Waals surface area contributed by atoms with Crippen LogP contribution < -0.4 is 11.1 Å². The van der Waals surface area contributed by atoms with Crippen molar-refractivity contribution in [2.75, 3.05) is 42.6 Å². The number of alkyl halides is 2. The number of likely N-dealkylation sites (tertiary alicyclic amines) is 2. The van der Waals surface area contributed by atoms with Crippen LogP contribution in [0.25, 0.3) is 0 Å². The largest absolute Gasteiger partial charge is 0.481 e. The van der Waals surface area contributed by atoms with Crippen LogP contribution in [0.2, 0.25) is 0 Å². The van der Waals surface area contributed by atoms with Crippen molar-refractivity contribution in [1.82, 2.24) is 9.80 Å². The molecule has 2 atom stereocenters. The number of terminal acetylenes is 1. The highest BCUT2D eigenvalue weighted by atomic mass is 35.5. The quantitative estimate of drug-likeness (QED) is 0.0953. The zero-order valence-corrected chi connectivity index (χ0v) is 32.7. The molecule has 4 N–H and O–H groups in total. The topological polar surface area (TPSA) is 152 Å². The molecule has 2 unspecified atom stereocenters. The molecule has 2 aliphatic heterocycles. The van der Waals surface area contributed by atoms with Gasteiger partial charge in [-0.3, -0.25) is 9.59 Å². The molecule has 2 heterocycles. The molecule has 0 radical (unpaired) electrons. The lowest BCUT2D eigenvalue weighted by Gasteiger charge is -2.31. The molecule has 13 heteroatoms. The molecule has 0 aromatic heterocycles. The van der Waals surface area contributed by atoms with Crippen molar-refractivity contribution in [2.45, 2.75) is 38.9 Å². The molecule has 2 saturated heterocycles.